The summed E-state index contributed by atoms with van der Waals surface area (Å²) in [6, 6.07) is 2.70. The molecule has 1 heterocycles. The third kappa shape index (κ3) is 1.67. The standard InChI is InChI=1S/C12H11FO4/c1-6-3-4-8(13)9-7(6)5-12(2,11(15)16)17-10(9)14/h3-4H,5H2,1-2H3,(H,15,16). The van der Waals surface area contributed by atoms with E-state index in [0.29, 0.717) is 11.1 Å². The van der Waals surface area contributed by atoms with Crippen LogP contribution in [0.5, 0.6) is 0 Å². The van der Waals surface area contributed by atoms with Crippen molar-refractivity contribution in [3.63, 3.8) is 0 Å². The first kappa shape index (κ1) is 11.6. The lowest BCUT2D eigenvalue weighted by Gasteiger charge is -2.31. The van der Waals surface area contributed by atoms with Gasteiger partial charge in [0.2, 0.25) is 5.60 Å². The number of carboxylic acid groups (broad SMARTS) is 1. The van der Waals surface area contributed by atoms with Gasteiger partial charge in [-0.1, -0.05) is 6.07 Å². The molecule has 1 N–H and O–H groups in total. The summed E-state index contributed by atoms with van der Waals surface area (Å²) in [6.45, 7) is 3.01. The second kappa shape index (κ2) is 3.55. The third-order valence-electron chi connectivity index (χ3n) is 2.98. The summed E-state index contributed by atoms with van der Waals surface area (Å²) in [5.74, 6) is -2.83. The van der Waals surface area contributed by atoms with E-state index < -0.39 is 23.4 Å². The minimum atomic E-state index is -1.62. The topological polar surface area (TPSA) is 63.6 Å². The van der Waals surface area contributed by atoms with Crippen LogP contribution in [0.2, 0.25) is 0 Å². The number of hydrogen-bond donors (Lipinski definition) is 1. The van der Waals surface area contributed by atoms with Crippen LogP contribution in [-0.2, 0) is 16.0 Å². The van der Waals surface area contributed by atoms with Gasteiger partial charge in [0, 0.05) is 6.42 Å². The molecule has 4 nitrogen and oxygen atoms in total. The van der Waals surface area contributed by atoms with E-state index in [0.717, 1.165) is 0 Å². The number of aryl methyl sites for hydroxylation is 1. The molecule has 0 spiro atoms. The monoisotopic (exact) mass is 238 g/mol. The molecule has 0 amide bonds. The zero-order valence-corrected chi connectivity index (χ0v) is 9.41. The average Bonchev–Trinajstić information content (AvgIpc) is 2.22. The number of rotatable bonds is 1. The molecule has 1 aliphatic heterocycles. The number of esters is 1. The quantitative estimate of drug-likeness (QED) is 0.756. The summed E-state index contributed by atoms with van der Waals surface area (Å²) < 4.78 is 18.3. The fourth-order valence-electron chi connectivity index (χ4n) is 1.92. The van der Waals surface area contributed by atoms with Crippen LogP contribution in [0.1, 0.15) is 28.4 Å². The Morgan fingerprint density at radius 3 is 2.76 bits per heavy atom. The van der Waals surface area contributed by atoms with Crippen LogP contribution >= 0.6 is 0 Å². The molecule has 0 saturated heterocycles. The second-order valence-electron chi connectivity index (χ2n) is 4.32. The highest BCUT2D eigenvalue weighted by molar-refractivity contribution is 5.96. The Kier molecular flexibility index (Phi) is 2.41. The van der Waals surface area contributed by atoms with Crippen LogP contribution in [0, 0.1) is 12.7 Å². The molecule has 0 radical (unpaired) electrons. The highest BCUT2D eigenvalue weighted by Gasteiger charge is 2.44. The van der Waals surface area contributed by atoms with Gasteiger partial charge in [-0.05, 0) is 31.0 Å². The molecule has 0 fully saturated rings. The fourth-order valence-corrected chi connectivity index (χ4v) is 1.92. The number of carbonyl (C=O) groups excluding carboxylic acids is 1. The van der Waals surface area contributed by atoms with E-state index in [4.69, 9.17) is 9.84 Å². The summed E-state index contributed by atoms with van der Waals surface area (Å²) in [6.07, 6.45) is -0.0208. The minimum absolute atomic E-state index is 0.0208. The van der Waals surface area contributed by atoms with Crippen molar-refractivity contribution >= 4 is 11.9 Å². The fraction of sp³-hybridized carbons (Fsp3) is 0.333. The summed E-state index contributed by atoms with van der Waals surface area (Å²) in [4.78, 5) is 22.7. The van der Waals surface area contributed by atoms with Crippen LogP contribution < -0.4 is 0 Å². The molecule has 5 heteroatoms. The van der Waals surface area contributed by atoms with Crippen molar-refractivity contribution in [3.8, 4) is 0 Å². The van der Waals surface area contributed by atoms with Crippen LogP contribution in [0.4, 0.5) is 4.39 Å². The normalized spacial score (nSPS) is 22.9. The van der Waals surface area contributed by atoms with Crippen LogP contribution in [-0.4, -0.2) is 22.6 Å². The van der Waals surface area contributed by atoms with Crippen molar-refractivity contribution in [2.24, 2.45) is 0 Å². The Labute approximate surface area is 97.0 Å². The molecular formula is C12H11FO4. The van der Waals surface area contributed by atoms with E-state index >= 15 is 0 Å². The maximum absolute atomic E-state index is 13.5. The second-order valence-corrected chi connectivity index (χ2v) is 4.32. The van der Waals surface area contributed by atoms with Crippen LogP contribution in [0.15, 0.2) is 12.1 Å². The van der Waals surface area contributed by atoms with E-state index in [2.05, 4.69) is 0 Å². The minimum Gasteiger partial charge on any atom is -0.478 e. The predicted molar refractivity (Wildman–Crippen MR) is 56.3 cm³/mol. The number of carbonyl (C=O) groups is 2. The lowest BCUT2D eigenvalue weighted by Crippen LogP contribution is -2.46. The van der Waals surface area contributed by atoms with E-state index in [9.17, 15) is 14.0 Å². The lowest BCUT2D eigenvalue weighted by atomic mass is 9.87. The molecule has 1 aliphatic rings. The maximum Gasteiger partial charge on any atom is 0.348 e. The van der Waals surface area contributed by atoms with Gasteiger partial charge in [-0.25, -0.2) is 14.0 Å². The molecule has 1 atom stereocenters. The number of benzene rings is 1. The molecule has 1 unspecified atom stereocenters. The van der Waals surface area contributed by atoms with E-state index in [1.807, 2.05) is 0 Å². The van der Waals surface area contributed by atoms with Crippen LogP contribution in [0.3, 0.4) is 0 Å². The van der Waals surface area contributed by atoms with Gasteiger partial charge >= 0.3 is 11.9 Å². The van der Waals surface area contributed by atoms with Gasteiger partial charge in [0.05, 0.1) is 5.56 Å². The van der Waals surface area contributed by atoms with Crippen molar-refractivity contribution in [2.75, 3.05) is 0 Å². The zero-order valence-electron chi connectivity index (χ0n) is 9.41. The Bertz CT molecular complexity index is 523. The number of cyclic esters (lactones) is 1. The SMILES string of the molecule is Cc1ccc(F)c2c1CC(C)(C(=O)O)OC2=O. The van der Waals surface area contributed by atoms with Crippen molar-refractivity contribution in [1.82, 2.24) is 0 Å². The predicted octanol–water partition coefficient (Wildman–Crippen LogP) is 1.69. The Balaban J connectivity index is 2.61. The number of ether oxygens (including phenoxy) is 1. The number of fused-ring (bicyclic) bond motifs is 1. The highest BCUT2D eigenvalue weighted by Crippen LogP contribution is 2.31. The number of hydrogen-bond acceptors (Lipinski definition) is 3. The van der Waals surface area contributed by atoms with Crippen LogP contribution in [0.25, 0.3) is 0 Å². The van der Waals surface area contributed by atoms with Crippen molar-refractivity contribution in [1.29, 1.82) is 0 Å². The Morgan fingerprint density at radius 1 is 1.53 bits per heavy atom. The first-order chi connectivity index (χ1) is 7.85. The van der Waals surface area contributed by atoms with Gasteiger partial charge in [-0.15, -0.1) is 0 Å². The summed E-state index contributed by atoms with van der Waals surface area (Å²) in [5.41, 5.74) is -0.678. The first-order valence-corrected chi connectivity index (χ1v) is 5.10. The third-order valence-corrected chi connectivity index (χ3v) is 2.98. The number of aliphatic carboxylic acids is 1. The Morgan fingerprint density at radius 2 is 2.18 bits per heavy atom. The van der Waals surface area contributed by atoms with Gasteiger partial charge in [-0.2, -0.15) is 0 Å². The van der Waals surface area contributed by atoms with E-state index in [-0.39, 0.29) is 12.0 Å². The van der Waals surface area contributed by atoms with Gasteiger partial charge in [0.25, 0.3) is 0 Å². The first-order valence-electron chi connectivity index (χ1n) is 5.10. The smallest absolute Gasteiger partial charge is 0.348 e. The van der Waals surface area contributed by atoms with Crippen molar-refractivity contribution < 1.29 is 23.8 Å². The molecule has 90 valence electrons. The molecule has 0 saturated carbocycles. The lowest BCUT2D eigenvalue weighted by molar-refractivity contribution is -0.158. The molecule has 2 rings (SSSR count). The van der Waals surface area contributed by atoms with Gasteiger partial charge in [0.1, 0.15) is 5.82 Å². The largest absolute Gasteiger partial charge is 0.478 e. The number of halogens is 1. The van der Waals surface area contributed by atoms with Gasteiger partial charge in [-0.3, -0.25) is 0 Å². The summed E-state index contributed by atoms with van der Waals surface area (Å²) in [5, 5.41) is 9.03. The average molecular weight is 238 g/mol. The molecule has 0 bridgehead atoms. The highest BCUT2D eigenvalue weighted by atomic mass is 19.1. The zero-order chi connectivity index (χ0) is 12.8. The molecule has 0 aromatic heterocycles. The van der Waals surface area contributed by atoms with E-state index in [1.54, 1.807) is 6.92 Å². The molecular weight excluding hydrogens is 227 g/mol. The van der Waals surface area contributed by atoms with Crippen molar-refractivity contribution in [2.45, 2.75) is 25.9 Å². The number of carboxylic acids is 1. The summed E-state index contributed by atoms with van der Waals surface area (Å²) in [7, 11) is 0. The molecule has 17 heavy (non-hydrogen) atoms. The van der Waals surface area contributed by atoms with Gasteiger partial charge in [0.15, 0.2) is 0 Å². The molecule has 0 aliphatic carbocycles. The summed E-state index contributed by atoms with van der Waals surface area (Å²) >= 11 is 0. The van der Waals surface area contributed by atoms with Gasteiger partial charge < -0.3 is 9.84 Å². The maximum atomic E-state index is 13.5. The van der Waals surface area contributed by atoms with E-state index in [1.165, 1.54) is 19.1 Å². The molecule has 1 aromatic carbocycles. The molecule has 1 aromatic rings. The van der Waals surface area contributed by atoms with Crippen molar-refractivity contribution in [3.05, 3.63) is 34.6 Å². The Hall–Kier alpha value is -1.91.